The Labute approximate surface area is 142 Å². The Kier molecular flexibility index (Phi) is 5.76. The number of ether oxygens (including phenoxy) is 2. The van der Waals surface area contributed by atoms with Crippen molar-refractivity contribution in [3.8, 4) is 11.5 Å². The van der Waals surface area contributed by atoms with E-state index >= 15 is 0 Å². The molecule has 0 amide bonds. The van der Waals surface area contributed by atoms with Crippen molar-refractivity contribution in [1.29, 1.82) is 0 Å². The zero-order valence-corrected chi connectivity index (χ0v) is 14.4. The van der Waals surface area contributed by atoms with Crippen LogP contribution in [0.15, 0.2) is 40.9 Å². The van der Waals surface area contributed by atoms with Crippen molar-refractivity contribution in [3.63, 3.8) is 0 Å². The summed E-state index contributed by atoms with van der Waals surface area (Å²) in [5, 5.41) is 0.989. The highest BCUT2D eigenvalue weighted by Gasteiger charge is 2.15. The van der Waals surface area contributed by atoms with Crippen LogP contribution in [0.5, 0.6) is 11.5 Å². The predicted octanol–water partition coefficient (Wildman–Crippen LogP) is 4.84. The van der Waals surface area contributed by atoms with Gasteiger partial charge in [0.15, 0.2) is 0 Å². The van der Waals surface area contributed by atoms with Crippen molar-refractivity contribution < 1.29 is 9.47 Å². The topological polar surface area (TPSA) is 44.5 Å². The fourth-order valence-electron chi connectivity index (χ4n) is 1.84. The first-order chi connectivity index (χ1) is 10.0. The standard InChI is InChI=1S/C15H14BrCl2NO2/c1-20-10-4-2-3-9(5-10)15(8-19)21-14-7-12(17)11(16)6-13(14)18/h2-7,15H,8,19H2,1H3. The van der Waals surface area contributed by atoms with E-state index in [4.69, 9.17) is 38.4 Å². The van der Waals surface area contributed by atoms with Gasteiger partial charge in [-0.25, -0.2) is 0 Å². The van der Waals surface area contributed by atoms with Crippen LogP contribution in [0.25, 0.3) is 0 Å². The summed E-state index contributed by atoms with van der Waals surface area (Å²) in [4.78, 5) is 0. The van der Waals surface area contributed by atoms with E-state index in [2.05, 4.69) is 15.9 Å². The maximum absolute atomic E-state index is 6.17. The Morgan fingerprint density at radius 3 is 2.62 bits per heavy atom. The first-order valence-electron chi connectivity index (χ1n) is 6.20. The number of halogens is 3. The highest BCUT2D eigenvalue weighted by atomic mass is 79.9. The monoisotopic (exact) mass is 389 g/mol. The molecule has 1 unspecified atom stereocenters. The minimum Gasteiger partial charge on any atom is -0.497 e. The molecule has 0 saturated carbocycles. The van der Waals surface area contributed by atoms with Gasteiger partial charge in [-0.1, -0.05) is 35.3 Å². The molecule has 112 valence electrons. The highest BCUT2D eigenvalue weighted by Crippen LogP contribution is 2.36. The number of benzene rings is 2. The lowest BCUT2D eigenvalue weighted by molar-refractivity contribution is 0.214. The number of hydrogen-bond donors (Lipinski definition) is 1. The second-order valence-electron chi connectivity index (χ2n) is 4.32. The molecular formula is C15H14BrCl2NO2. The van der Waals surface area contributed by atoms with E-state index in [1.165, 1.54) is 0 Å². The lowest BCUT2D eigenvalue weighted by atomic mass is 10.1. The van der Waals surface area contributed by atoms with Crippen LogP contribution >= 0.6 is 39.1 Å². The molecule has 0 aliphatic rings. The summed E-state index contributed by atoms with van der Waals surface area (Å²) in [5.41, 5.74) is 6.72. The van der Waals surface area contributed by atoms with Crippen molar-refractivity contribution in [1.82, 2.24) is 0 Å². The van der Waals surface area contributed by atoms with E-state index in [1.54, 1.807) is 19.2 Å². The van der Waals surface area contributed by atoms with Crippen molar-refractivity contribution in [2.75, 3.05) is 13.7 Å². The van der Waals surface area contributed by atoms with Crippen molar-refractivity contribution in [2.24, 2.45) is 5.73 Å². The van der Waals surface area contributed by atoms with Crippen molar-refractivity contribution in [2.45, 2.75) is 6.10 Å². The van der Waals surface area contributed by atoms with Crippen LogP contribution < -0.4 is 15.2 Å². The molecule has 0 bridgehead atoms. The van der Waals surface area contributed by atoms with Gasteiger partial charge in [0.2, 0.25) is 0 Å². The quantitative estimate of drug-likeness (QED) is 0.742. The molecule has 1 atom stereocenters. The molecule has 0 fully saturated rings. The fourth-order valence-corrected chi connectivity index (χ4v) is 2.68. The highest BCUT2D eigenvalue weighted by molar-refractivity contribution is 9.10. The summed E-state index contributed by atoms with van der Waals surface area (Å²) in [6, 6.07) is 10.9. The van der Waals surface area contributed by atoms with Gasteiger partial charge in [-0.05, 0) is 39.7 Å². The van der Waals surface area contributed by atoms with Gasteiger partial charge >= 0.3 is 0 Å². The van der Waals surface area contributed by atoms with Crippen LogP contribution in [0.3, 0.4) is 0 Å². The molecule has 0 aliphatic heterocycles. The van der Waals surface area contributed by atoms with Gasteiger partial charge < -0.3 is 15.2 Å². The van der Waals surface area contributed by atoms with E-state index in [0.29, 0.717) is 26.8 Å². The lowest BCUT2D eigenvalue weighted by Crippen LogP contribution is -2.18. The van der Waals surface area contributed by atoms with E-state index in [0.717, 1.165) is 11.3 Å². The van der Waals surface area contributed by atoms with Crippen LogP contribution in [-0.4, -0.2) is 13.7 Å². The smallest absolute Gasteiger partial charge is 0.140 e. The summed E-state index contributed by atoms with van der Waals surface area (Å²) in [6.07, 6.45) is -0.338. The number of rotatable bonds is 5. The molecule has 6 heteroatoms. The van der Waals surface area contributed by atoms with Gasteiger partial charge in [0, 0.05) is 17.1 Å². The summed E-state index contributed by atoms with van der Waals surface area (Å²) in [7, 11) is 1.61. The van der Waals surface area contributed by atoms with Gasteiger partial charge in [-0.2, -0.15) is 0 Å². The van der Waals surface area contributed by atoms with Crippen LogP contribution in [0, 0.1) is 0 Å². The second-order valence-corrected chi connectivity index (χ2v) is 5.98. The van der Waals surface area contributed by atoms with Gasteiger partial charge in [0.25, 0.3) is 0 Å². The molecule has 0 spiro atoms. The third-order valence-electron chi connectivity index (χ3n) is 2.92. The molecule has 2 aromatic carbocycles. The molecule has 0 aliphatic carbocycles. The Morgan fingerprint density at radius 1 is 1.19 bits per heavy atom. The fraction of sp³-hybridized carbons (Fsp3) is 0.200. The first kappa shape index (κ1) is 16.4. The van der Waals surface area contributed by atoms with E-state index in [-0.39, 0.29) is 6.10 Å². The largest absolute Gasteiger partial charge is 0.497 e. The maximum Gasteiger partial charge on any atom is 0.140 e. The Bertz CT molecular complexity index is 637. The summed E-state index contributed by atoms with van der Waals surface area (Å²) in [6.45, 7) is 0.303. The van der Waals surface area contributed by atoms with Crippen LogP contribution in [0.2, 0.25) is 10.0 Å². The molecule has 0 aromatic heterocycles. The normalized spacial score (nSPS) is 12.0. The molecule has 0 heterocycles. The zero-order chi connectivity index (χ0) is 15.4. The van der Waals surface area contributed by atoms with Gasteiger partial charge in [-0.3, -0.25) is 0 Å². The van der Waals surface area contributed by atoms with Crippen molar-refractivity contribution in [3.05, 3.63) is 56.5 Å². The summed E-state index contributed by atoms with van der Waals surface area (Å²) in [5.74, 6) is 1.23. The van der Waals surface area contributed by atoms with E-state index in [9.17, 15) is 0 Å². The Hall–Kier alpha value is -0.940. The SMILES string of the molecule is COc1cccc(C(CN)Oc2cc(Cl)c(Br)cc2Cl)c1. The van der Waals surface area contributed by atoms with Crippen molar-refractivity contribution >= 4 is 39.1 Å². The zero-order valence-electron chi connectivity index (χ0n) is 11.3. The number of hydrogen-bond acceptors (Lipinski definition) is 3. The van der Waals surface area contributed by atoms with Gasteiger partial charge in [0.05, 0.1) is 17.2 Å². The summed E-state index contributed by atoms with van der Waals surface area (Å²) >= 11 is 15.6. The Balaban J connectivity index is 2.28. The Morgan fingerprint density at radius 2 is 1.95 bits per heavy atom. The molecule has 2 rings (SSSR count). The summed E-state index contributed by atoms with van der Waals surface area (Å²) < 4.78 is 11.8. The number of nitrogens with two attached hydrogens (primary N) is 1. The minimum atomic E-state index is -0.338. The van der Waals surface area contributed by atoms with E-state index < -0.39 is 0 Å². The van der Waals surface area contributed by atoms with Crippen LogP contribution in [0.4, 0.5) is 0 Å². The molecule has 0 radical (unpaired) electrons. The molecule has 21 heavy (non-hydrogen) atoms. The molecule has 2 N–H and O–H groups in total. The third kappa shape index (κ3) is 4.04. The van der Waals surface area contributed by atoms with Gasteiger partial charge in [-0.15, -0.1) is 0 Å². The molecular weight excluding hydrogens is 377 g/mol. The lowest BCUT2D eigenvalue weighted by Gasteiger charge is -2.19. The number of methoxy groups -OCH3 is 1. The van der Waals surface area contributed by atoms with Crippen LogP contribution in [-0.2, 0) is 0 Å². The maximum atomic E-state index is 6.17. The molecule has 3 nitrogen and oxygen atoms in total. The first-order valence-corrected chi connectivity index (χ1v) is 7.75. The van der Waals surface area contributed by atoms with Crippen LogP contribution in [0.1, 0.15) is 11.7 Å². The minimum absolute atomic E-state index is 0.303. The second kappa shape index (κ2) is 7.36. The van der Waals surface area contributed by atoms with Gasteiger partial charge in [0.1, 0.15) is 17.6 Å². The molecule has 2 aromatic rings. The average molecular weight is 391 g/mol. The third-order valence-corrected chi connectivity index (χ3v) is 4.42. The average Bonchev–Trinajstić information content (AvgIpc) is 2.49. The van der Waals surface area contributed by atoms with E-state index in [1.807, 2.05) is 24.3 Å². The molecule has 0 saturated heterocycles. The predicted molar refractivity (Wildman–Crippen MR) is 89.6 cm³/mol.